The minimum absolute atomic E-state index is 0.218. The lowest BCUT2D eigenvalue weighted by Gasteiger charge is -2.36. The number of alkyl carbamates (subject to hydrolysis) is 1. The average molecular weight is 327 g/mol. The zero-order valence-electron chi connectivity index (χ0n) is 16.0. The van der Waals surface area contributed by atoms with Crippen LogP contribution in [-0.2, 0) is 4.74 Å². The van der Waals surface area contributed by atoms with Gasteiger partial charge in [0.1, 0.15) is 5.60 Å². The lowest BCUT2D eigenvalue weighted by molar-refractivity contribution is 0.0443. The first-order valence-electron chi connectivity index (χ1n) is 9.55. The Morgan fingerprint density at radius 1 is 1.00 bits per heavy atom. The van der Waals surface area contributed by atoms with Gasteiger partial charge in [-0.05, 0) is 46.5 Å². The summed E-state index contributed by atoms with van der Waals surface area (Å²) in [6.07, 6.45) is 10.8. The largest absolute Gasteiger partial charge is 0.444 e. The van der Waals surface area contributed by atoms with Gasteiger partial charge in [0.15, 0.2) is 0 Å². The third-order valence-corrected chi connectivity index (χ3v) is 4.95. The van der Waals surface area contributed by atoms with Crippen molar-refractivity contribution in [3.05, 3.63) is 0 Å². The maximum absolute atomic E-state index is 12.2. The predicted molar refractivity (Wildman–Crippen MR) is 96.8 cm³/mol. The van der Waals surface area contributed by atoms with Gasteiger partial charge in [0.2, 0.25) is 0 Å². The van der Waals surface area contributed by atoms with Crippen LogP contribution >= 0.6 is 0 Å². The van der Waals surface area contributed by atoms with E-state index in [9.17, 15) is 4.79 Å². The van der Waals surface area contributed by atoms with E-state index < -0.39 is 5.60 Å². The van der Waals surface area contributed by atoms with Gasteiger partial charge in [-0.25, -0.2) is 4.79 Å². The molecule has 136 valence electrons. The zero-order chi connectivity index (χ0) is 17.3. The van der Waals surface area contributed by atoms with Crippen molar-refractivity contribution in [2.45, 2.75) is 110 Å². The molecule has 1 amide bonds. The van der Waals surface area contributed by atoms with Gasteiger partial charge in [-0.1, -0.05) is 46.0 Å². The van der Waals surface area contributed by atoms with Gasteiger partial charge in [-0.2, -0.15) is 0 Å². The Hall–Kier alpha value is -0.770. The van der Waals surface area contributed by atoms with Crippen LogP contribution < -0.4 is 10.6 Å². The van der Waals surface area contributed by atoms with Crippen molar-refractivity contribution in [2.75, 3.05) is 6.54 Å². The van der Waals surface area contributed by atoms with Crippen molar-refractivity contribution in [3.63, 3.8) is 0 Å². The third-order valence-electron chi connectivity index (χ3n) is 4.95. The molecule has 4 nitrogen and oxygen atoms in total. The maximum atomic E-state index is 12.2. The van der Waals surface area contributed by atoms with Crippen molar-refractivity contribution in [1.82, 2.24) is 10.6 Å². The minimum Gasteiger partial charge on any atom is -0.444 e. The van der Waals surface area contributed by atoms with Crippen molar-refractivity contribution < 1.29 is 9.53 Å². The summed E-state index contributed by atoms with van der Waals surface area (Å²) in [5.41, 5.74) is -0.672. The Balaban J connectivity index is 2.55. The number of amides is 1. The summed E-state index contributed by atoms with van der Waals surface area (Å²) < 4.78 is 5.45. The molecular weight excluding hydrogens is 288 g/mol. The SMILES string of the molecule is CCC(CC)(CNC1CCCCCCC1)NC(=O)OC(C)(C)C. The van der Waals surface area contributed by atoms with Crippen molar-refractivity contribution in [3.8, 4) is 0 Å². The van der Waals surface area contributed by atoms with Gasteiger partial charge in [0, 0.05) is 12.6 Å². The molecule has 1 rings (SSSR count). The number of carbonyl (C=O) groups is 1. The smallest absolute Gasteiger partial charge is 0.408 e. The predicted octanol–water partition coefficient (Wildman–Crippen LogP) is 4.77. The molecule has 0 aliphatic heterocycles. The second kappa shape index (κ2) is 9.51. The highest BCUT2D eigenvalue weighted by Gasteiger charge is 2.31. The van der Waals surface area contributed by atoms with E-state index in [2.05, 4.69) is 24.5 Å². The molecule has 23 heavy (non-hydrogen) atoms. The molecule has 0 atom stereocenters. The van der Waals surface area contributed by atoms with Crippen LogP contribution in [0, 0.1) is 0 Å². The summed E-state index contributed by atoms with van der Waals surface area (Å²) >= 11 is 0. The highest BCUT2D eigenvalue weighted by atomic mass is 16.6. The van der Waals surface area contributed by atoms with Crippen LogP contribution in [0.5, 0.6) is 0 Å². The lowest BCUT2D eigenvalue weighted by Crippen LogP contribution is -2.56. The normalized spacial score (nSPS) is 18.1. The van der Waals surface area contributed by atoms with Gasteiger partial charge < -0.3 is 15.4 Å². The van der Waals surface area contributed by atoms with E-state index in [1.165, 1.54) is 44.9 Å². The van der Waals surface area contributed by atoms with Crippen LogP contribution in [0.3, 0.4) is 0 Å². The zero-order valence-corrected chi connectivity index (χ0v) is 16.0. The molecule has 4 heteroatoms. The van der Waals surface area contributed by atoms with E-state index in [1.54, 1.807) is 0 Å². The fraction of sp³-hybridized carbons (Fsp3) is 0.947. The number of hydrogen-bond donors (Lipinski definition) is 2. The number of hydrogen-bond acceptors (Lipinski definition) is 3. The molecule has 0 aromatic carbocycles. The summed E-state index contributed by atoms with van der Waals surface area (Å²) in [5.74, 6) is 0. The van der Waals surface area contributed by atoms with E-state index in [-0.39, 0.29) is 11.6 Å². The van der Waals surface area contributed by atoms with Crippen molar-refractivity contribution in [1.29, 1.82) is 0 Å². The molecule has 0 saturated heterocycles. The highest BCUT2D eigenvalue weighted by molar-refractivity contribution is 5.68. The van der Waals surface area contributed by atoms with Crippen LogP contribution in [0.15, 0.2) is 0 Å². The van der Waals surface area contributed by atoms with Crippen LogP contribution in [0.1, 0.15) is 92.4 Å². The number of nitrogens with one attached hydrogen (secondary N) is 2. The van der Waals surface area contributed by atoms with Crippen LogP contribution in [0.2, 0.25) is 0 Å². The maximum Gasteiger partial charge on any atom is 0.408 e. The first-order valence-corrected chi connectivity index (χ1v) is 9.55. The Morgan fingerprint density at radius 3 is 2.00 bits per heavy atom. The molecular formula is C19H38N2O2. The van der Waals surface area contributed by atoms with E-state index in [0.717, 1.165) is 19.4 Å². The second-order valence-corrected chi connectivity index (χ2v) is 8.04. The minimum atomic E-state index is -0.454. The molecule has 1 fully saturated rings. The molecule has 1 aliphatic carbocycles. The molecule has 0 spiro atoms. The number of ether oxygens (including phenoxy) is 1. The van der Waals surface area contributed by atoms with Crippen LogP contribution in [0.4, 0.5) is 4.79 Å². The molecule has 0 aromatic heterocycles. The molecule has 0 unspecified atom stereocenters. The average Bonchev–Trinajstić information content (AvgIpc) is 2.42. The second-order valence-electron chi connectivity index (χ2n) is 8.04. The summed E-state index contributed by atoms with van der Waals surface area (Å²) in [5, 5.41) is 6.86. The Bertz CT molecular complexity index is 338. The molecule has 0 bridgehead atoms. The van der Waals surface area contributed by atoms with Gasteiger partial charge >= 0.3 is 6.09 Å². The van der Waals surface area contributed by atoms with Gasteiger partial charge in [0.05, 0.1) is 5.54 Å². The molecule has 2 N–H and O–H groups in total. The van der Waals surface area contributed by atoms with Gasteiger partial charge in [0.25, 0.3) is 0 Å². The highest BCUT2D eigenvalue weighted by Crippen LogP contribution is 2.20. The molecule has 1 aliphatic rings. The van der Waals surface area contributed by atoms with E-state index in [0.29, 0.717) is 6.04 Å². The van der Waals surface area contributed by atoms with Crippen LogP contribution in [0.25, 0.3) is 0 Å². The van der Waals surface area contributed by atoms with Crippen LogP contribution in [-0.4, -0.2) is 29.8 Å². The first kappa shape index (κ1) is 20.3. The number of carbonyl (C=O) groups excluding carboxylic acids is 1. The monoisotopic (exact) mass is 326 g/mol. The van der Waals surface area contributed by atoms with E-state index >= 15 is 0 Å². The Kier molecular flexibility index (Phi) is 8.38. The standard InChI is InChI=1S/C19H38N2O2/c1-6-19(7-2,21-17(22)23-18(3,4)5)15-20-16-13-11-9-8-10-12-14-16/h16,20H,6-15H2,1-5H3,(H,21,22). The Labute approximate surface area is 143 Å². The Morgan fingerprint density at radius 2 is 1.52 bits per heavy atom. The lowest BCUT2D eigenvalue weighted by atomic mass is 9.91. The molecule has 0 aromatic rings. The van der Waals surface area contributed by atoms with Gasteiger partial charge in [-0.15, -0.1) is 0 Å². The fourth-order valence-corrected chi connectivity index (χ4v) is 3.24. The first-order chi connectivity index (χ1) is 10.8. The summed E-state index contributed by atoms with van der Waals surface area (Å²) in [4.78, 5) is 12.2. The quantitative estimate of drug-likeness (QED) is 0.739. The summed E-state index contributed by atoms with van der Waals surface area (Å²) in [6.45, 7) is 10.8. The number of rotatable bonds is 6. The summed E-state index contributed by atoms with van der Waals surface area (Å²) in [7, 11) is 0. The van der Waals surface area contributed by atoms with E-state index in [1.807, 2.05) is 20.8 Å². The van der Waals surface area contributed by atoms with E-state index in [4.69, 9.17) is 4.74 Å². The third kappa shape index (κ3) is 8.05. The van der Waals surface area contributed by atoms with Gasteiger partial charge in [-0.3, -0.25) is 0 Å². The molecule has 1 saturated carbocycles. The molecule has 0 heterocycles. The molecule has 0 radical (unpaired) electrons. The topological polar surface area (TPSA) is 50.4 Å². The summed E-state index contributed by atoms with van der Waals surface area (Å²) in [6, 6.07) is 0.591. The van der Waals surface area contributed by atoms with Crippen molar-refractivity contribution in [2.24, 2.45) is 0 Å². The van der Waals surface area contributed by atoms with Crippen molar-refractivity contribution >= 4 is 6.09 Å². The fourth-order valence-electron chi connectivity index (χ4n) is 3.24.